The van der Waals surface area contributed by atoms with Gasteiger partial charge in [0, 0.05) is 24.2 Å². The van der Waals surface area contributed by atoms with E-state index in [4.69, 9.17) is 4.84 Å². The van der Waals surface area contributed by atoms with Crippen LogP contribution in [0.5, 0.6) is 0 Å². The van der Waals surface area contributed by atoms with Crippen LogP contribution < -0.4 is 5.56 Å². The number of benzene rings is 1. The van der Waals surface area contributed by atoms with Crippen molar-refractivity contribution in [3.8, 4) is 0 Å². The van der Waals surface area contributed by atoms with E-state index < -0.39 is 11.7 Å². The molecule has 0 spiro atoms. The van der Waals surface area contributed by atoms with Crippen molar-refractivity contribution in [2.45, 2.75) is 108 Å². The Bertz CT molecular complexity index is 1240. The molecule has 8 heteroatoms. The summed E-state index contributed by atoms with van der Waals surface area (Å²) < 4.78 is 1.84. The Morgan fingerprint density at radius 1 is 0.947 bits per heavy atom. The normalized spacial score (nSPS) is 32.1. The van der Waals surface area contributed by atoms with Gasteiger partial charge >= 0.3 is 5.97 Å². The second-order valence-corrected chi connectivity index (χ2v) is 12.0. The number of nitrogens with zero attached hydrogens (tertiary/aromatic N) is 4. The molecule has 38 heavy (non-hydrogen) atoms. The molecule has 8 nitrogen and oxygen atoms in total. The van der Waals surface area contributed by atoms with E-state index in [0.717, 1.165) is 30.2 Å². The van der Waals surface area contributed by atoms with Crippen LogP contribution in [0.4, 0.5) is 0 Å². The van der Waals surface area contributed by atoms with Gasteiger partial charge in [-0.2, -0.15) is 0 Å². The predicted octanol–water partition coefficient (Wildman–Crippen LogP) is 5.14. The lowest BCUT2D eigenvalue weighted by Gasteiger charge is -2.54. The van der Waals surface area contributed by atoms with Crippen LogP contribution in [0.2, 0.25) is 0 Å². The Morgan fingerprint density at radius 3 is 2.29 bits per heavy atom. The monoisotopic (exact) mass is 520 g/mol. The van der Waals surface area contributed by atoms with Gasteiger partial charge in [-0.1, -0.05) is 49.4 Å². The molecule has 0 radical (unpaired) electrons. The van der Waals surface area contributed by atoms with Crippen LogP contribution in [0.15, 0.2) is 34.2 Å². The van der Waals surface area contributed by atoms with E-state index in [-0.39, 0.29) is 23.9 Å². The molecule has 6 rings (SSSR count). The van der Waals surface area contributed by atoms with E-state index >= 15 is 0 Å². The lowest BCUT2D eigenvalue weighted by Crippen LogP contribution is -2.58. The molecule has 3 heterocycles. The third kappa shape index (κ3) is 4.76. The summed E-state index contributed by atoms with van der Waals surface area (Å²) in [4.78, 5) is 38.4. The SMILES string of the molecule is CCON=C(C(=O)O)c1nc2ccccc2n(C2CC3CCC[C@H](C2)N3C2CC3CCCCC(C3)C2)c1=O. The number of piperidine rings is 2. The van der Waals surface area contributed by atoms with E-state index in [1.807, 2.05) is 28.8 Å². The van der Waals surface area contributed by atoms with Crippen LogP contribution in [0.1, 0.15) is 95.7 Å². The predicted molar refractivity (Wildman–Crippen MR) is 146 cm³/mol. The van der Waals surface area contributed by atoms with E-state index in [0.29, 0.717) is 23.6 Å². The lowest BCUT2D eigenvalue weighted by atomic mass is 9.73. The zero-order chi connectivity index (χ0) is 26.2. The number of para-hydroxylation sites is 2. The third-order valence-corrected chi connectivity index (χ3v) is 9.65. The first-order valence-electron chi connectivity index (χ1n) is 14.8. The minimum atomic E-state index is -1.31. The summed E-state index contributed by atoms with van der Waals surface area (Å²) in [5.74, 6) is 0.455. The average Bonchev–Trinajstić information content (AvgIpc) is 3.07. The Morgan fingerprint density at radius 2 is 1.63 bits per heavy atom. The maximum atomic E-state index is 14.0. The molecule has 4 bridgehead atoms. The molecule has 1 aromatic carbocycles. The number of carbonyl (C=O) groups is 1. The number of carboxylic acid groups (broad SMARTS) is 1. The van der Waals surface area contributed by atoms with Crippen molar-refractivity contribution in [1.82, 2.24) is 14.5 Å². The van der Waals surface area contributed by atoms with E-state index in [1.165, 1.54) is 64.2 Å². The van der Waals surface area contributed by atoms with Gasteiger partial charge in [0.1, 0.15) is 6.61 Å². The summed E-state index contributed by atoms with van der Waals surface area (Å²) in [5.41, 5.74) is 0.413. The first-order valence-corrected chi connectivity index (χ1v) is 14.8. The smallest absolute Gasteiger partial charge is 0.360 e. The number of fused-ring (bicyclic) bond motifs is 5. The third-order valence-electron chi connectivity index (χ3n) is 9.65. The van der Waals surface area contributed by atoms with Crippen molar-refractivity contribution in [2.75, 3.05) is 6.61 Å². The van der Waals surface area contributed by atoms with Crippen molar-refractivity contribution in [1.29, 1.82) is 0 Å². The van der Waals surface area contributed by atoms with Gasteiger partial charge in [0.25, 0.3) is 5.56 Å². The molecule has 0 amide bonds. The van der Waals surface area contributed by atoms with Crippen molar-refractivity contribution in [3.63, 3.8) is 0 Å². The van der Waals surface area contributed by atoms with Gasteiger partial charge in [-0.05, 0) is 75.8 Å². The molecule has 2 saturated heterocycles. The van der Waals surface area contributed by atoms with Gasteiger partial charge in [0.15, 0.2) is 5.69 Å². The number of oxime groups is 1. The van der Waals surface area contributed by atoms with Crippen LogP contribution in [0, 0.1) is 11.8 Å². The minimum Gasteiger partial charge on any atom is -0.476 e. The van der Waals surface area contributed by atoms with Crippen molar-refractivity contribution >= 4 is 22.7 Å². The summed E-state index contributed by atoms with van der Waals surface area (Å²) in [6.45, 7) is 1.94. The molecule has 4 aliphatic rings. The second-order valence-electron chi connectivity index (χ2n) is 12.0. The van der Waals surface area contributed by atoms with Crippen molar-refractivity contribution < 1.29 is 14.7 Å². The summed E-state index contributed by atoms with van der Waals surface area (Å²) in [6, 6.07) is 9.18. The van der Waals surface area contributed by atoms with Gasteiger partial charge in [-0.15, -0.1) is 0 Å². The van der Waals surface area contributed by atoms with Crippen molar-refractivity contribution in [3.05, 3.63) is 40.3 Å². The van der Waals surface area contributed by atoms with Crippen LogP contribution in [0.3, 0.4) is 0 Å². The molecule has 4 fully saturated rings. The fourth-order valence-electron chi connectivity index (χ4n) is 8.29. The summed E-state index contributed by atoms with van der Waals surface area (Å²) in [5, 5.41) is 13.6. The Hall–Kier alpha value is -2.74. The van der Waals surface area contributed by atoms with Gasteiger partial charge in [-0.3, -0.25) is 9.69 Å². The molecule has 204 valence electrons. The summed E-state index contributed by atoms with van der Waals surface area (Å²) in [6.07, 6.45) is 15.1. The number of carboxylic acids is 1. The van der Waals surface area contributed by atoms with Crippen LogP contribution in [-0.2, 0) is 9.63 Å². The van der Waals surface area contributed by atoms with Crippen LogP contribution in [-0.4, -0.2) is 56.0 Å². The topological polar surface area (TPSA) is 97.0 Å². The first-order chi connectivity index (χ1) is 18.5. The van der Waals surface area contributed by atoms with Gasteiger partial charge in [-0.25, -0.2) is 9.78 Å². The maximum Gasteiger partial charge on any atom is 0.360 e. The van der Waals surface area contributed by atoms with Crippen LogP contribution >= 0.6 is 0 Å². The second kappa shape index (κ2) is 10.8. The fourth-order valence-corrected chi connectivity index (χ4v) is 8.29. The summed E-state index contributed by atoms with van der Waals surface area (Å²) >= 11 is 0. The number of hydrogen-bond donors (Lipinski definition) is 1. The van der Waals surface area contributed by atoms with Crippen molar-refractivity contribution in [2.24, 2.45) is 17.0 Å². The number of aromatic nitrogens is 2. The number of aliphatic carboxylic acids is 1. The lowest BCUT2D eigenvalue weighted by molar-refractivity contribution is -0.129. The van der Waals surface area contributed by atoms with E-state index in [2.05, 4.69) is 15.0 Å². The highest BCUT2D eigenvalue weighted by Gasteiger charge is 2.45. The number of hydrogen-bond acceptors (Lipinski definition) is 6. The molecule has 2 aliphatic heterocycles. The van der Waals surface area contributed by atoms with E-state index in [9.17, 15) is 14.7 Å². The molecular weight excluding hydrogens is 480 g/mol. The zero-order valence-corrected chi connectivity index (χ0v) is 22.4. The minimum absolute atomic E-state index is 0.00806. The zero-order valence-electron chi connectivity index (χ0n) is 22.4. The fraction of sp³-hybridized carbons (Fsp3) is 0.667. The van der Waals surface area contributed by atoms with Gasteiger partial charge in [0.05, 0.1) is 11.0 Å². The molecule has 5 atom stereocenters. The number of rotatable bonds is 6. The molecular formula is C30H40N4O4. The first kappa shape index (κ1) is 25.5. The quantitative estimate of drug-likeness (QED) is 0.419. The molecule has 2 aliphatic carbocycles. The highest BCUT2D eigenvalue weighted by atomic mass is 16.6. The maximum absolute atomic E-state index is 14.0. The Labute approximate surface area is 224 Å². The molecule has 1 N–H and O–H groups in total. The van der Waals surface area contributed by atoms with Gasteiger partial charge in [0.2, 0.25) is 5.71 Å². The highest BCUT2D eigenvalue weighted by molar-refractivity contribution is 6.41. The molecule has 2 aromatic rings. The highest BCUT2D eigenvalue weighted by Crippen LogP contribution is 2.47. The average molecular weight is 521 g/mol. The Balaban J connectivity index is 1.36. The largest absolute Gasteiger partial charge is 0.476 e. The molecule has 4 unspecified atom stereocenters. The Kier molecular flexibility index (Phi) is 7.25. The van der Waals surface area contributed by atoms with Gasteiger partial charge < -0.3 is 14.5 Å². The molecule has 2 saturated carbocycles. The standard InChI is InChI=1S/C30H40N4O4/c1-2-38-32-28(30(36)37)27-29(35)34(26-13-6-5-12-25(26)31-27)24-17-21-10-7-11-22(18-24)33(21)23-15-19-8-3-4-9-20(14-19)16-23/h5-6,12-13,19-24H,2-4,7-11,14-18H2,1H3,(H,36,37)/t19?,20?,21-,22?,23?,24?/m1/s1. The van der Waals surface area contributed by atoms with Crippen LogP contribution in [0.25, 0.3) is 11.0 Å². The summed E-state index contributed by atoms with van der Waals surface area (Å²) in [7, 11) is 0. The molecule has 1 aromatic heterocycles. The van der Waals surface area contributed by atoms with E-state index in [1.54, 1.807) is 6.92 Å².